The van der Waals surface area contributed by atoms with Crippen LogP contribution in [0.3, 0.4) is 0 Å². The molecule has 0 aromatic heterocycles. The second-order valence-corrected chi connectivity index (χ2v) is 6.37. The number of nitrogens with zero attached hydrogens (tertiary/aromatic N) is 1. The van der Waals surface area contributed by atoms with E-state index in [0.717, 1.165) is 38.2 Å². The fourth-order valence-electron chi connectivity index (χ4n) is 3.25. The zero-order valence-corrected chi connectivity index (χ0v) is 13.5. The van der Waals surface area contributed by atoms with Gasteiger partial charge in [0.25, 0.3) is 0 Å². The van der Waals surface area contributed by atoms with Gasteiger partial charge < -0.3 is 5.32 Å². The van der Waals surface area contributed by atoms with Crippen molar-refractivity contribution in [2.45, 2.75) is 31.8 Å². The normalized spacial score (nSPS) is 16.6. The number of piperidine rings is 1. The minimum atomic E-state index is -0.142. The highest BCUT2D eigenvalue weighted by molar-refractivity contribution is 5.16. The average molecular weight is 312 g/mol. The molecule has 0 aliphatic carbocycles. The largest absolute Gasteiger partial charge is 0.314 e. The van der Waals surface area contributed by atoms with Crippen molar-refractivity contribution in [2.75, 3.05) is 19.6 Å². The smallest absolute Gasteiger partial charge is 0.123 e. The van der Waals surface area contributed by atoms with Crippen molar-refractivity contribution in [3.63, 3.8) is 0 Å². The van der Waals surface area contributed by atoms with Crippen LogP contribution in [0.5, 0.6) is 0 Å². The molecule has 1 aliphatic heterocycles. The Morgan fingerprint density at radius 3 is 2.43 bits per heavy atom. The summed E-state index contributed by atoms with van der Waals surface area (Å²) in [6.07, 6.45) is 3.27. The average Bonchev–Trinajstić information content (AvgIpc) is 2.58. The molecular weight excluding hydrogens is 287 g/mol. The molecule has 0 bridgehead atoms. The van der Waals surface area contributed by atoms with E-state index in [0.29, 0.717) is 6.04 Å². The quantitative estimate of drug-likeness (QED) is 0.876. The van der Waals surface area contributed by atoms with Crippen LogP contribution >= 0.6 is 0 Å². The van der Waals surface area contributed by atoms with Gasteiger partial charge in [0.1, 0.15) is 5.82 Å². The molecule has 0 atom stereocenters. The van der Waals surface area contributed by atoms with Gasteiger partial charge in [-0.25, -0.2) is 4.39 Å². The molecule has 1 saturated heterocycles. The lowest BCUT2D eigenvalue weighted by molar-refractivity contribution is 0.191. The van der Waals surface area contributed by atoms with Crippen LogP contribution in [-0.4, -0.2) is 30.6 Å². The number of halogens is 1. The molecular formula is C20H25FN2. The molecule has 1 fully saturated rings. The number of benzene rings is 2. The summed E-state index contributed by atoms with van der Waals surface area (Å²) in [7, 11) is 0. The zero-order valence-electron chi connectivity index (χ0n) is 13.5. The van der Waals surface area contributed by atoms with Gasteiger partial charge in [-0.15, -0.1) is 0 Å². The van der Waals surface area contributed by atoms with Crippen LogP contribution < -0.4 is 5.32 Å². The topological polar surface area (TPSA) is 15.3 Å². The summed E-state index contributed by atoms with van der Waals surface area (Å²) in [4.78, 5) is 2.53. The van der Waals surface area contributed by atoms with Gasteiger partial charge in [0.2, 0.25) is 0 Å². The van der Waals surface area contributed by atoms with E-state index in [9.17, 15) is 4.39 Å². The van der Waals surface area contributed by atoms with Gasteiger partial charge in [0.05, 0.1) is 0 Å². The van der Waals surface area contributed by atoms with E-state index >= 15 is 0 Å². The Bertz CT molecular complexity index is 592. The minimum Gasteiger partial charge on any atom is -0.314 e. The molecule has 1 N–H and O–H groups in total. The number of hydrogen-bond acceptors (Lipinski definition) is 2. The van der Waals surface area contributed by atoms with Gasteiger partial charge in [-0.3, -0.25) is 4.90 Å². The molecule has 122 valence electrons. The maximum atomic E-state index is 13.1. The Hall–Kier alpha value is -1.71. The van der Waals surface area contributed by atoms with Gasteiger partial charge in [0.15, 0.2) is 0 Å². The summed E-state index contributed by atoms with van der Waals surface area (Å²) in [5.74, 6) is -0.142. The summed E-state index contributed by atoms with van der Waals surface area (Å²) in [5.41, 5.74) is 2.46. The summed E-state index contributed by atoms with van der Waals surface area (Å²) in [6.45, 7) is 4.27. The van der Waals surface area contributed by atoms with Crippen molar-refractivity contribution in [3.05, 3.63) is 71.5 Å². The fourth-order valence-corrected chi connectivity index (χ4v) is 3.25. The number of likely N-dealkylation sites (tertiary alicyclic amines) is 1. The van der Waals surface area contributed by atoms with Crippen LogP contribution in [0.1, 0.15) is 24.0 Å². The first-order valence-electron chi connectivity index (χ1n) is 8.54. The Labute approximate surface area is 138 Å². The van der Waals surface area contributed by atoms with E-state index in [4.69, 9.17) is 0 Å². The SMILES string of the molecule is Fc1cccc(CCNC2CCN(Cc3ccccc3)CC2)c1. The molecule has 3 rings (SSSR count). The monoisotopic (exact) mass is 312 g/mol. The maximum Gasteiger partial charge on any atom is 0.123 e. The third-order valence-corrected chi connectivity index (χ3v) is 4.57. The third kappa shape index (κ3) is 5.15. The van der Waals surface area contributed by atoms with Crippen molar-refractivity contribution in [1.29, 1.82) is 0 Å². The standard InChI is InChI=1S/C20H25FN2/c21-19-8-4-7-17(15-19)9-12-22-20-10-13-23(14-11-20)16-18-5-2-1-3-6-18/h1-8,15,20,22H,9-14,16H2. The summed E-state index contributed by atoms with van der Waals surface area (Å²) < 4.78 is 13.1. The van der Waals surface area contributed by atoms with E-state index in [1.54, 1.807) is 12.1 Å². The van der Waals surface area contributed by atoms with Crippen LogP contribution in [0.2, 0.25) is 0 Å². The third-order valence-electron chi connectivity index (χ3n) is 4.57. The predicted octanol–water partition coefficient (Wildman–Crippen LogP) is 3.62. The molecule has 1 heterocycles. The van der Waals surface area contributed by atoms with Crippen LogP contribution in [-0.2, 0) is 13.0 Å². The second kappa shape index (κ2) is 8.23. The molecule has 1 aliphatic rings. The Morgan fingerprint density at radius 2 is 1.70 bits per heavy atom. The molecule has 2 aromatic carbocycles. The molecule has 3 heteroatoms. The van der Waals surface area contributed by atoms with Crippen molar-refractivity contribution in [1.82, 2.24) is 10.2 Å². The van der Waals surface area contributed by atoms with E-state index in [2.05, 4.69) is 40.5 Å². The van der Waals surface area contributed by atoms with Crippen LogP contribution in [0, 0.1) is 5.82 Å². The Kier molecular flexibility index (Phi) is 5.78. The maximum absolute atomic E-state index is 13.1. The van der Waals surface area contributed by atoms with E-state index < -0.39 is 0 Å². The summed E-state index contributed by atoms with van der Waals surface area (Å²) in [5, 5.41) is 3.62. The van der Waals surface area contributed by atoms with Crippen molar-refractivity contribution in [2.24, 2.45) is 0 Å². The number of hydrogen-bond donors (Lipinski definition) is 1. The molecule has 2 aromatic rings. The molecule has 2 nitrogen and oxygen atoms in total. The molecule has 0 amide bonds. The second-order valence-electron chi connectivity index (χ2n) is 6.37. The first-order chi connectivity index (χ1) is 11.3. The van der Waals surface area contributed by atoms with E-state index in [-0.39, 0.29) is 5.82 Å². The van der Waals surface area contributed by atoms with Crippen molar-refractivity contribution >= 4 is 0 Å². The lowest BCUT2D eigenvalue weighted by Crippen LogP contribution is -2.42. The lowest BCUT2D eigenvalue weighted by atomic mass is 10.0. The first-order valence-corrected chi connectivity index (χ1v) is 8.54. The van der Waals surface area contributed by atoms with Gasteiger partial charge >= 0.3 is 0 Å². The van der Waals surface area contributed by atoms with Gasteiger partial charge in [-0.2, -0.15) is 0 Å². The van der Waals surface area contributed by atoms with Gasteiger partial charge in [0, 0.05) is 12.6 Å². The summed E-state index contributed by atoms with van der Waals surface area (Å²) in [6, 6.07) is 18.2. The Morgan fingerprint density at radius 1 is 0.957 bits per heavy atom. The highest BCUT2D eigenvalue weighted by Gasteiger charge is 2.18. The zero-order chi connectivity index (χ0) is 15.9. The predicted molar refractivity (Wildman–Crippen MR) is 92.8 cm³/mol. The van der Waals surface area contributed by atoms with Gasteiger partial charge in [-0.05, 0) is 62.2 Å². The Balaban J connectivity index is 1.36. The lowest BCUT2D eigenvalue weighted by Gasteiger charge is -2.32. The number of nitrogens with one attached hydrogen (secondary N) is 1. The van der Waals surface area contributed by atoms with E-state index in [1.165, 1.54) is 24.5 Å². The van der Waals surface area contributed by atoms with Crippen LogP contribution in [0.15, 0.2) is 54.6 Å². The van der Waals surface area contributed by atoms with Crippen molar-refractivity contribution in [3.8, 4) is 0 Å². The van der Waals surface area contributed by atoms with Gasteiger partial charge in [-0.1, -0.05) is 42.5 Å². The molecule has 0 unspecified atom stereocenters. The van der Waals surface area contributed by atoms with Crippen LogP contribution in [0.25, 0.3) is 0 Å². The first kappa shape index (κ1) is 16.2. The molecule has 0 radical (unpaired) electrons. The van der Waals surface area contributed by atoms with Crippen molar-refractivity contribution < 1.29 is 4.39 Å². The fraction of sp³-hybridized carbons (Fsp3) is 0.400. The minimum absolute atomic E-state index is 0.142. The number of rotatable bonds is 6. The van der Waals surface area contributed by atoms with E-state index in [1.807, 2.05) is 6.07 Å². The molecule has 0 saturated carbocycles. The highest BCUT2D eigenvalue weighted by atomic mass is 19.1. The molecule has 23 heavy (non-hydrogen) atoms. The van der Waals surface area contributed by atoms with Crippen LogP contribution in [0.4, 0.5) is 4.39 Å². The highest BCUT2D eigenvalue weighted by Crippen LogP contribution is 2.14. The molecule has 0 spiro atoms. The summed E-state index contributed by atoms with van der Waals surface area (Å²) >= 11 is 0.